The van der Waals surface area contributed by atoms with Gasteiger partial charge in [0.25, 0.3) is 0 Å². The lowest BCUT2D eigenvalue weighted by Gasteiger charge is -2.41. The number of rotatable bonds is 7. The SMILES string of the molecule is COC(=O)c1ccccc1CN1CCC(Nc2ccccc2)(c2nc(-c3ccncc3)n[nH]2)CC1. The van der Waals surface area contributed by atoms with Gasteiger partial charge in [0.1, 0.15) is 0 Å². The van der Waals surface area contributed by atoms with Crippen LogP contribution in [0.1, 0.15) is 34.6 Å². The lowest BCUT2D eigenvalue weighted by molar-refractivity contribution is 0.0597. The number of aromatic amines is 1. The smallest absolute Gasteiger partial charge is 0.338 e. The number of para-hydroxylation sites is 1. The van der Waals surface area contributed by atoms with Crippen molar-refractivity contribution in [2.24, 2.45) is 0 Å². The van der Waals surface area contributed by atoms with Crippen molar-refractivity contribution in [1.29, 1.82) is 0 Å². The number of pyridine rings is 1. The number of ether oxygens (including phenoxy) is 1. The zero-order chi connectivity index (χ0) is 24.1. The summed E-state index contributed by atoms with van der Waals surface area (Å²) in [6, 6.07) is 21.7. The molecule has 1 aliphatic rings. The lowest BCUT2D eigenvalue weighted by Crippen LogP contribution is -2.47. The van der Waals surface area contributed by atoms with Crippen molar-refractivity contribution in [3.63, 3.8) is 0 Å². The molecule has 1 fully saturated rings. The number of likely N-dealkylation sites (tertiary alicyclic amines) is 1. The summed E-state index contributed by atoms with van der Waals surface area (Å²) >= 11 is 0. The second kappa shape index (κ2) is 10.1. The summed E-state index contributed by atoms with van der Waals surface area (Å²) < 4.78 is 4.97. The van der Waals surface area contributed by atoms with E-state index in [1.165, 1.54) is 7.11 Å². The van der Waals surface area contributed by atoms with Gasteiger partial charge in [0.15, 0.2) is 11.6 Å². The third kappa shape index (κ3) is 4.93. The van der Waals surface area contributed by atoms with Gasteiger partial charge in [-0.25, -0.2) is 9.78 Å². The van der Waals surface area contributed by atoms with Gasteiger partial charge in [0.05, 0.1) is 18.2 Å². The number of methoxy groups -OCH3 is 1. The van der Waals surface area contributed by atoms with Gasteiger partial charge in [0, 0.05) is 43.3 Å². The summed E-state index contributed by atoms with van der Waals surface area (Å²) in [5, 5.41) is 11.5. The third-order valence-corrected chi connectivity index (χ3v) is 6.56. The summed E-state index contributed by atoms with van der Waals surface area (Å²) in [6.45, 7) is 2.35. The molecule has 3 heterocycles. The van der Waals surface area contributed by atoms with Crippen LogP contribution in [0, 0.1) is 0 Å². The number of piperidine rings is 1. The highest BCUT2D eigenvalue weighted by Crippen LogP contribution is 2.36. The molecule has 2 aromatic carbocycles. The Morgan fingerprint density at radius 2 is 1.74 bits per heavy atom. The van der Waals surface area contributed by atoms with Gasteiger partial charge >= 0.3 is 5.97 Å². The largest absolute Gasteiger partial charge is 0.465 e. The standard InChI is InChI=1S/C27H28N6O2/c1-35-25(34)23-10-6-5-7-21(23)19-33-17-13-27(14-18-33,30-22-8-3-2-4-9-22)26-29-24(31-32-26)20-11-15-28-16-12-20/h2-12,15-16,30H,13-14,17-19H2,1H3,(H,29,31,32). The average Bonchev–Trinajstić information content (AvgIpc) is 3.42. The van der Waals surface area contributed by atoms with E-state index < -0.39 is 5.54 Å². The van der Waals surface area contributed by atoms with Crippen LogP contribution in [0.25, 0.3) is 11.4 Å². The van der Waals surface area contributed by atoms with Crippen molar-refractivity contribution >= 4 is 11.7 Å². The van der Waals surface area contributed by atoms with E-state index in [0.717, 1.165) is 48.6 Å². The first kappa shape index (κ1) is 22.7. The van der Waals surface area contributed by atoms with E-state index >= 15 is 0 Å². The summed E-state index contributed by atoms with van der Waals surface area (Å²) in [7, 11) is 1.42. The lowest BCUT2D eigenvalue weighted by atomic mass is 9.85. The van der Waals surface area contributed by atoms with Crippen LogP contribution in [0.5, 0.6) is 0 Å². The maximum absolute atomic E-state index is 12.2. The minimum absolute atomic E-state index is 0.303. The molecule has 8 nitrogen and oxygen atoms in total. The van der Waals surface area contributed by atoms with Crippen molar-refractivity contribution in [2.45, 2.75) is 24.9 Å². The predicted molar refractivity (Wildman–Crippen MR) is 134 cm³/mol. The van der Waals surface area contributed by atoms with Crippen LogP contribution in [-0.4, -0.2) is 51.2 Å². The van der Waals surface area contributed by atoms with E-state index in [4.69, 9.17) is 9.72 Å². The number of carbonyl (C=O) groups excluding carboxylic acids is 1. The molecule has 0 radical (unpaired) electrons. The first-order valence-electron chi connectivity index (χ1n) is 11.7. The van der Waals surface area contributed by atoms with Crippen LogP contribution >= 0.6 is 0 Å². The highest BCUT2D eigenvalue weighted by Gasteiger charge is 2.39. The van der Waals surface area contributed by atoms with E-state index in [1.807, 2.05) is 54.6 Å². The number of H-pyrrole nitrogens is 1. The summed E-state index contributed by atoms with van der Waals surface area (Å²) in [6.07, 6.45) is 5.14. The van der Waals surface area contributed by atoms with Crippen LogP contribution in [0.3, 0.4) is 0 Å². The number of anilines is 1. The second-order valence-electron chi connectivity index (χ2n) is 8.74. The molecule has 35 heavy (non-hydrogen) atoms. The molecule has 5 rings (SSSR count). The van der Waals surface area contributed by atoms with Gasteiger partial charge in [-0.3, -0.25) is 15.0 Å². The molecule has 2 aromatic heterocycles. The maximum atomic E-state index is 12.2. The normalized spacial score (nSPS) is 15.5. The molecule has 0 amide bonds. The summed E-state index contributed by atoms with van der Waals surface area (Å²) in [5.41, 5.74) is 3.17. The Hall–Kier alpha value is -4.04. The molecule has 4 aromatic rings. The molecule has 0 unspecified atom stereocenters. The van der Waals surface area contributed by atoms with Gasteiger partial charge in [-0.1, -0.05) is 36.4 Å². The monoisotopic (exact) mass is 468 g/mol. The zero-order valence-electron chi connectivity index (χ0n) is 19.6. The number of nitrogens with one attached hydrogen (secondary N) is 2. The zero-order valence-corrected chi connectivity index (χ0v) is 19.6. The Labute approximate surface area is 204 Å². The number of hydrogen-bond donors (Lipinski definition) is 2. The Morgan fingerprint density at radius 1 is 1.03 bits per heavy atom. The van der Waals surface area contributed by atoms with Gasteiger partial charge < -0.3 is 10.1 Å². The summed E-state index contributed by atoms with van der Waals surface area (Å²) in [5.74, 6) is 1.18. The van der Waals surface area contributed by atoms with E-state index in [-0.39, 0.29) is 5.97 Å². The second-order valence-corrected chi connectivity index (χ2v) is 8.74. The Morgan fingerprint density at radius 3 is 2.49 bits per heavy atom. The molecular weight excluding hydrogens is 440 g/mol. The van der Waals surface area contributed by atoms with Gasteiger partial charge in [-0.15, -0.1) is 0 Å². The van der Waals surface area contributed by atoms with Crippen LogP contribution in [-0.2, 0) is 16.8 Å². The Balaban J connectivity index is 1.38. The quantitative estimate of drug-likeness (QED) is 0.391. The minimum Gasteiger partial charge on any atom is -0.465 e. The van der Waals surface area contributed by atoms with E-state index in [1.54, 1.807) is 12.4 Å². The van der Waals surface area contributed by atoms with Crippen molar-refractivity contribution in [3.05, 3.63) is 96.1 Å². The van der Waals surface area contributed by atoms with Crippen molar-refractivity contribution < 1.29 is 9.53 Å². The van der Waals surface area contributed by atoms with Crippen LogP contribution in [0.2, 0.25) is 0 Å². The number of carbonyl (C=O) groups is 1. The highest BCUT2D eigenvalue weighted by molar-refractivity contribution is 5.90. The fourth-order valence-corrected chi connectivity index (χ4v) is 4.63. The number of aromatic nitrogens is 4. The minimum atomic E-state index is -0.391. The molecule has 0 bridgehead atoms. The van der Waals surface area contributed by atoms with E-state index in [2.05, 4.69) is 37.5 Å². The van der Waals surface area contributed by atoms with Crippen molar-refractivity contribution in [2.75, 3.05) is 25.5 Å². The molecule has 2 N–H and O–H groups in total. The molecule has 0 aliphatic carbocycles. The van der Waals surface area contributed by atoms with Crippen LogP contribution in [0.15, 0.2) is 79.1 Å². The van der Waals surface area contributed by atoms with E-state index in [9.17, 15) is 4.79 Å². The van der Waals surface area contributed by atoms with Gasteiger partial charge in [0.2, 0.25) is 0 Å². The predicted octanol–water partition coefficient (Wildman–Crippen LogP) is 4.26. The maximum Gasteiger partial charge on any atom is 0.338 e. The molecule has 0 atom stereocenters. The molecule has 178 valence electrons. The molecule has 8 heteroatoms. The molecule has 1 saturated heterocycles. The Bertz CT molecular complexity index is 1270. The average molecular weight is 469 g/mol. The van der Waals surface area contributed by atoms with E-state index in [0.29, 0.717) is 17.9 Å². The fraction of sp³-hybridized carbons (Fsp3) is 0.259. The number of hydrogen-bond acceptors (Lipinski definition) is 7. The highest BCUT2D eigenvalue weighted by atomic mass is 16.5. The number of benzene rings is 2. The van der Waals surface area contributed by atoms with Crippen LogP contribution in [0.4, 0.5) is 5.69 Å². The first-order valence-corrected chi connectivity index (χ1v) is 11.7. The first-order chi connectivity index (χ1) is 17.2. The van der Waals surface area contributed by atoms with Crippen molar-refractivity contribution in [1.82, 2.24) is 25.1 Å². The molecule has 0 spiro atoms. The van der Waals surface area contributed by atoms with Crippen molar-refractivity contribution in [3.8, 4) is 11.4 Å². The number of esters is 1. The van der Waals surface area contributed by atoms with Crippen LogP contribution < -0.4 is 5.32 Å². The fourth-order valence-electron chi connectivity index (χ4n) is 4.63. The number of nitrogens with zero attached hydrogens (tertiary/aromatic N) is 4. The van der Waals surface area contributed by atoms with Gasteiger partial charge in [-0.2, -0.15) is 5.10 Å². The molecular formula is C27H28N6O2. The molecule has 0 saturated carbocycles. The topological polar surface area (TPSA) is 96.0 Å². The third-order valence-electron chi connectivity index (χ3n) is 6.56. The summed E-state index contributed by atoms with van der Waals surface area (Å²) in [4.78, 5) is 23.6. The van der Waals surface area contributed by atoms with Gasteiger partial charge in [-0.05, 0) is 48.7 Å². The Kier molecular flexibility index (Phi) is 6.54. The molecule has 1 aliphatic heterocycles.